The molecule has 1 aromatic carbocycles. The van der Waals surface area contributed by atoms with Crippen LogP contribution < -0.4 is 20.3 Å². The molecule has 1 aliphatic carbocycles. The van der Waals surface area contributed by atoms with Gasteiger partial charge in [0.1, 0.15) is 23.6 Å². The van der Waals surface area contributed by atoms with Gasteiger partial charge in [0.2, 0.25) is 11.9 Å². The molecule has 142 valence electrons. The molecule has 7 nitrogen and oxygen atoms in total. The maximum absolute atomic E-state index is 12.0. The fourth-order valence-electron chi connectivity index (χ4n) is 3.38. The van der Waals surface area contributed by atoms with Crippen molar-refractivity contribution >= 4 is 23.4 Å². The number of carbonyl (C=O) groups is 1. The third-order valence-corrected chi connectivity index (χ3v) is 5.37. The molecule has 0 radical (unpaired) electrons. The summed E-state index contributed by atoms with van der Waals surface area (Å²) in [4.78, 5) is 23.0. The van der Waals surface area contributed by atoms with E-state index >= 15 is 0 Å². The van der Waals surface area contributed by atoms with Crippen LogP contribution in [0.1, 0.15) is 31.0 Å². The number of carbonyl (C=O) groups excluding carboxylic acids is 1. The van der Waals surface area contributed by atoms with Gasteiger partial charge in [0.15, 0.2) is 5.82 Å². The van der Waals surface area contributed by atoms with E-state index in [-0.39, 0.29) is 18.1 Å². The quantitative estimate of drug-likeness (QED) is 0.865. The van der Waals surface area contributed by atoms with Crippen LogP contribution in [0.4, 0.5) is 17.5 Å². The van der Waals surface area contributed by atoms with E-state index in [1.54, 1.807) is 0 Å². The highest BCUT2D eigenvalue weighted by molar-refractivity contribution is 6.03. The van der Waals surface area contributed by atoms with Gasteiger partial charge in [-0.05, 0) is 32.9 Å². The van der Waals surface area contributed by atoms with Gasteiger partial charge >= 0.3 is 0 Å². The standard InChI is InChI=1S/C20H25N5O2/c1-11-5-7-15(8-6-11)27-16-9-14(10-16)22-20-21-12(2)17-18(24-20)25(4)13(3)19(26)23-17/h5-8,13-14,16H,9-10H2,1-4H3,(H,23,26)(H,21,22,24). The van der Waals surface area contributed by atoms with Gasteiger partial charge in [0, 0.05) is 25.9 Å². The zero-order valence-electron chi connectivity index (χ0n) is 16.1. The lowest BCUT2D eigenvalue weighted by Gasteiger charge is -2.37. The van der Waals surface area contributed by atoms with E-state index in [0.717, 1.165) is 30.1 Å². The number of aromatic nitrogens is 2. The lowest BCUT2D eigenvalue weighted by molar-refractivity contribution is -0.117. The molecule has 1 saturated carbocycles. The number of ether oxygens (including phenoxy) is 1. The zero-order chi connectivity index (χ0) is 19.1. The van der Waals surface area contributed by atoms with Crippen LogP contribution in [-0.4, -0.2) is 41.1 Å². The van der Waals surface area contributed by atoms with Crippen LogP contribution in [0, 0.1) is 13.8 Å². The molecule has 1 unspecified atom stereocenters. The molecule has 1 fully saturated rings. The van der Waals surface area contributed by atoms with Gasteiger partial charge < -0.3 is 20.3 Å². The largest absolute Gasteiger partial charge is 0.490 e. The van der Waals surface area contributed by atoms with Crippen LogP contribution in [0.3, 0.4) is 0 Å². The third-order valence-electron chi connectivity index (χ3n) is 5.37. The molecule has 2 heterocycles. The minimum atomic E-state index is -0.254. The van der Waals surface area contributed by atoms with E-state index in [4.69, 9.17) is 4.74 Å². The molecule has 1 atom stereocenters. The Hall–Kier alpha value is -2.83. The SMILES string of the molecule is Cc1ccc(OC2CC(Nc3nc(C)c4c(n3)N(C)C(C)C(=O)N4)C2)cc1. The molecule has 7 heteroatoms. The Morgan fingerprint density at radius 1 is 1.19 bits per heavy atom. The molecule has 2 aromatic rings. The van der Waals surface area contributed by atoms with Crippen LogP contribution in [0.2, 0.25) is 0 Å². The van der Waals surface area contributed by atoms with Crippen LogP contribution in [-0.2, 0) is 4.79 Å². The molecular formula is C20H25N5O2. The first-order chi connectivity index (χ1) is 12.9. The number of nitrogens with one attached hydrogen (secondary N) is 2. The van der Waals surface area contributed by atoms with E-state index in [1.165, 1.54) is 5.56 Å². The van der Waals surface area contributed by atoms with Gasteiger partial charge in [0.05, 0.1) is 5.69 Å². The Labute approximate surface area is 159 Å². The predicted molar refractivity (Wildman–Crippen MR) is 106 cm³/mol. The second-order valence-corrected chi connectivity index (χ2v) is 7.47. The number of amides is 1. The highest BCUT2D eigenvalue weighted by atomic mass is 16.5. The zero-order valence-corrected chi connectivity index (χ0v) is 16.1. The Morgan fingerprint density at radius 2 is 1.89 bits per heavy atom. The molecule has 0 saturated heterocycles. The molecule has 2 aliphatic rings. The monoisotopic (exact) mass is 367 g/mol. The number of rotatable bonds is 4. The maximum Gasteiger partial charge on any atom is 0.246 e. The maximum atomic E-state index is 12.0. The number of benzene rings is 1. The molecule has 1 amide bonds. The van der Waals surface area contributed by atoms with E-state index in [9.17, 15) is 4.79 Å². The van der Waals surface area contributed by atoms with E-state index in [2.05, 4.69) is 39.7 Å². The first kappa shape index (κ1) is 17.6. The van der Waals surface area contributed by atoms with Gasteiger partial charge in [-0.2, -0.15) is 4.98 Å². The van der Waals surface area contributed by atoms with Crippen molar-refractivity contribution in [1.82, 2.24) is 9.97 Å². The van der Waals surface area contributed by atoms with Crippen molar-refractivity contribution in [3.63, 3.8) is 0 Å². The van der Waals surface area contributed by atoms with E-state index < -0.39 is 0 Å². The topological polar surface area (TPSA) is 79.4 Å². The molecule has 0 bridgehead atoms. The number of nitrogens with zero attached hydrogens (tertiary/aromatic N) is 3. The van der Waals surface area contributed by atoms with Gasteiger partial charge in [-0.1, -0.05) is 17.7 Å². The number of fused-ring (bicyclic) bond motifs is 1. The Balaban J connectivity index is 1.39. The van der Waals surface area contributed by atoms with Gasteiger partial charge in [0.25, 0.3) is 0 Å². The van der Waals surface area contributed by atoms with Crippen molar-refractivity contribution in [2.45, 2.75) is 51.8 Å². The minimum absolute atomic E-state index is 0.0347. The molecule has 1 aliphatic heterocycles. The molecular weight excluding hydrogens is 342 g/mol. The highest BCUT2D eigenvalue weighted by Gasteiger charge is 2.33. The fourth-order valence-corrected chi connectivity index (χ4v) is 3.38. The number of aryl methyl sites for hydroxylation is 2. The lowest BCUT2D eigenvalue weighted by atomic mass is 9.89. The van der Waals surface area contributed by atoms with Crippen molar-refractivity contribution in [2.75, 3.05) is 22.6 Å². The Morgan fingerprint density at radius 3 is 2.59 bits per heavy atom. The van der Waals surface area contributed by atoms with Crippen LogP contribution in [0.15, 0.2) is 24.3 Å². The summed E-state index contributed by atoms with van der Waals surface area (Å²) in [5, 5.41) is 6.30. The summed E-state index contributed by atoms with van der Waals surface area (Å²) in [6.07, 6.45) is 2.04. The normalized spacial score (nSPS) is 23.9. The fraction of sp³-hybridized carbons (Fsp3) is 0.450. The van der Waals surface area contributed by atoms with Crippen LogP contribution >= 0.6 is 0 Å². The Kier molecular flexibility index (Phi) is 4.37. The van der Waals surface area contributed by atoms with E-state index in [1.807, 2.05) is 37.9 Å². The summed E-state index contributed by atoms with van der Waals surface area (Å²) in [5.41, 5.74) is 2.69. The molecule has 2 N–H and O–H groups in total. The summed E-state index contributed by atoms with van der Waals surface area (Å²) in [7, 11) is 1.88. The average molecular weight is 367 g/mol. The van der Waals surface area contributed by atoms with Crippen molar-refractivity contribution in [3.05, 3.63) is 35.5 Å². The third kappa shape index (κ3) is 3.41. The van der Waals surface area contributed by atoms with Gasteiger partial charge in [-0.3, -0.25) is 4.79 Å². The lowest BCUT2D eigenvalue weighted by Crippen LogP contribution is -2.45. The minimum Gasteiger partial charge on any atom is -0.490 e. The highest BCUT2D eigenvalue weighted by Crippen LogP contribution is 2.33. The smallest absolute Gasteiger partial charge is 0.246 e. The summed E-state index contributed by atoms with van der Waals surface area (Å²) >= 11 is 0. The number of anilines is 3. The summed E-state index contributed by atoms with van der Waals surface area (Å²) in [6, 6.07) is 8.18. The van der Waals surface area contributed by atoms with Crippen molar-refractivity contribution < 1.29 is 9.53 Å². The van der Waals surface area contributed by atoms with Crippen molar-refractivity contribution in [3.8, 4) is 5.75 Å². The first-order valence-electron chi connectivity index (χ1n) is 9.33. The van der Waals surface area contributed by atoms with Crippen LogP contribution in [0.25, 0.3) is 0 Å². The van der Waals surface area contributed by atoms with E-state index in [0.29, 0.717) is 17.7 Å². The number of hydrogen-bond acceptors (Lipinski definition) is 6. The summed E-state index contributed by atoms with van der Waals surface area (Å²) in [5.74, 6) is 2.23. The average Bonchev–Trinajstić information content (AvgIpc) is 2.61. The second-order valence-electron chi connectivity index (χ2n) is 7.47. The van der Waals surface area contributed by atoms with Crippen molar-refractivity contribution in [1.29, 1.82) is 0 Å². The molecule has 4 rings (SSSR count). The molecule has 1 aromatic heterocycles. The van der Waals surface area contributed by atoms with Crippen LogP contribution in [0.5, 0.6) is 5.75 Å². The Bertz CT molecular complexity index is 861. The van der Waals surface area contributed by atoms with Crippen molar-refractivity contribution in [2.24, 2.45) is 0 Å². The molecule has 27 heavy (non-hydrogen) atoms. The number of likely N-dealkylation sites (N-methyl/N-ethyl adjacent to an activating group) is 1. The predicted octanol–water partition coefficient (Wildman–Crippen LogP) is 2.89. The first-order valence-corrected chi connectivity index (χ1v) is 9.33. The molecule has 0 spiro atoms. The summed E-state index contributed by atoms with van der Waals surface area (Å²) < 4.78 is 5.99. The van der Waals surface area contributed by atoms with Gasteiger partial charge in [-0.15, -0.1) is 0 Å². The number of hydrogen-bond donors (Lipinski definition) is 2. The second kappa shape index (κ2) is 6.72. The summed E-state index contributed by atoms with van der Waals surface area (Å²) in [6.45, 7) is 5.82. The van der Waals surface area contributed by atoms with Gasteiger partial charge in [-0.25, -0.2) is 4.98 Å².